The van der Waals surface area contributed by atoms with Crippen LogP contribution in [0.15, 0.2) is 36.3 Å². The first-order valence-electron chi connectivity index (χ1n) is 5.42. The molecule has 16 heavy (non-hydrogen) atoms. The SMILES string of the molecule is N/C=C(\N)N1CCCC1c1ccc(F)cc1. The van der Waals surface area contributed by atoms with Crippen LogP contribution in [0, 0.1) is 5.82 Å². The van der Waals surface area contributed by atoms with Crippen molar-refractivity contribution < 1.29 is 4.39 Å². The monoisotopic (exact) mass is 221 g/mol. The third-order valence-electron chi connectivity index (χ3n) is 3.01. The minimum Gasteiger partial charge on any atom is -0.402 e. The van der Waals surface area contributed by atoms with Gasteiger partial charge in [-0.15, -0.1) is 0 Å². The molecule has 1 aliphatic heterocycles. The van der Waals surface area contributed by atoms with Crippen LogP contribution in [0.5, 0.6) is 0 Å². The highest BCUT2D eigenvalue weighted by atomic mass is 19.1. The molecule has 0 aromatic heterocycles. The summed E-state index contributed by atoms with van der Waals surface area (Å²) < 4.78 is 12.8. The summed E-state index contributed by atoms with van der Waals surface area (Å²) in [4.78, 5) is 2.06. The fraction of sp³-hybridized carbons (Fsp3) is 0.333. The summed E-state index contributed by atoms with van der Waals surface area (Å²) >= 11 is 0. The van der Waals surface area contributed by atoms with Crippen LogP contribution >= 0.6 is 0 Å². The van der Waals surface area contributed by atoms with Crippen LogP contribution in [0.3, 0.4) is 0 Å². The molecule has 1 fully saturated rings. The lowest BCUT2D eigenvalue weighted by molar-refractivity contribution is 0.322. The van der Waals surface area contributed by atoms with Gasteiger partial charge in [-0.05, 0) is 30.5 Å². The largest absolute Gasteiger partial charge is 0.402 e. The molecular formula is C12H16FN3. The molecular weight excluding hydrogens is 205 g/mol. The number of hydrogen-bond donors (Lipinski definition) is 2. The van der Waals surface area contributed by atoms with E-state index in [9.17, 15) is 4.39 Å². The van der Waals surface area contributed by atoms with Gasteiger partial charge in [0.05, 0.1) is 6.04 Å². The first-order valence-corrected chi connectivity index (χ1v) is 5.42. The lowest BCUT2D eigenvalue weighted by Gasteiger charge is -2.26. The second-order valence-electron chi connectivity index (χ2n) is 3.99. The molecule has 2 rings (SSSR count). The summed E-state index contributed by atoms with van der Waals surface area (Å²) in [6, 6.07) is 6.80. The van der Waals surface area contributed by atoms with Gasteiger partial charge < -0.3 is 16.4 Å². The van der Waals surface area contributed by atoms with Crippen LogP contribution in [0.4, 0.5) is 4.39 Å². The van der Waals surface area contributed by atoms with Gasteiger partial charge in [-0.25, -0.2) is 4.39 Å². The third-order valence-corrected chi connectivity index (χ3v) is 3.01. The van der Waals surface area contributed by atoms with Gasteiger partial charge in [0.25, 0.3) is 0 Å². The van der Waals surface area contributed by atoms with E-state index in [1.165, 1.54) is 18.3 Å². The van der Waals surface area contributed by atoms with Gasteiger partial charge in [0.15, 0.2) is 0 Å². The molecule has 1 aliphatic rings. The number of nitrogens with zero attached hydrogens (tertiary/aromatic N) is 1. The maximum atomic E-state index is 12.8. The first kappa shape index (κ1) is 10.8. The number of rotatable bonds is 2. The average molecular weight is 221 g/mol. The molecule has 1 atom stereocenters. The lowest BCUT2D eigenvalue weighted by Crippen LogP contribution is -2.28. The van der Waals surface area contributed by atoms with Gasteiger partial charge in [-0.2, -0.15) is 0 Å². The van der Waals surface area contributed by atoms with Gasteiger partial charge >= 0.3 is 0 Å². The van der Waals surface area contributed by atoms with Crippen LogP contribution in [-0.4, -0.2) is 11.4 Å². The maximum Gasteiger partial charge on any atom is 0.123 e. The Morgan fingerprint density at radius 3 is 2.69 bits per heavy atom. The summed E-state index contributed by atoms with van der Waals surface area (Å²) in [5.74, 6) is 0.377. The molecule has 86 valence electrons. The molecule has 1 aromatic rings. The van der Waals surface area contributed by atoms with Crippen LogP contribution < -0.4 is 11.5 Å². The second-order valence-corrected chi connectivity index (χ2v) is 3.99. The van der Waals surface area contributed by atoms with E-state index in [1.807, 2.05) is 12.1 Å². The van der Waals surface area contributed by atoms with Crippen LogP contribution in [0.1, 0.15) is 24.4 Å². The predicted molar refractivity (Wildman–Crippen MR) is 61.5 cm³/mol. The number of likely N-dealkylation sites (tertiary alicyclic amines) is 1. The summed E-state index contributed by atoms with van der Waals surface area (Å²) in [6.45, 7) is 0.904. The third kappa shape index (κ3) is 1.96. The quantitative estimate of drug-likeness (QED) is 0.798. The molecule has 0 amide bonds. The Balaban J connectivity index is 2.23. The highest BCUT2D eigenvalue weighted by Crippen LogP contribution is 2.33. The van der Waals surface area contributed by atoms with E-state index in [2.05, 4.69) is 4.90 Å². The number of benzene rings is 1. The fourth-order valence-electron chi connectivity index (χ4n) is 2.20. The molecule has 4 N–H and O–H groups in total. The smallest absolute Gasteiger partial charge is 0.123 e. The Morgan fingerprint density at radius 2 is 2.06 bits per heavy atom. The van der Waals surface area contributed by atoms with Crippen molar-refractivity contribution in [3.05, 3.63) is 47.7 Å². The second kappa shape index (κ2) is 4.43. The molecule has 1 aromatic carbocycles. The summed E-state index contributed by atoms with van der Waals surface area (Å²) in [5.41, 5.74) is 12.3. The van der Waals surface area contributed by atoms with Crippen LogP contribution in [0.25, 0.3) is 0 Å². The van der Waals surface area contributed by atoms with E-state index in [4.69, 9.17) is 11.5 Å². The van der Waals surface area contributed by atoms with E-state index >= 15 is 0 Å². The molecule has 0 saturated carbocycles. The minimum absolute atomic E-state index is 0.212. The van der Waals surface area contributed by atoms with E-state index < -0.39 is 0 Å². The highest BCUT2D eigenvalue weighted by molar-refractivity contribution is 5.22. The standard InChI is InChI=1S/C12H16FN3/c13-10-5-3-9(4-6-10)11-2-1-7-16(11)12(15)8-14/h3-6,8,11H,1-2,7,14-15H2/b12-8+. The Hall–Kier alpha value is -1.71. The van der Waals surface area contributed by atoms with Crippen LogP contribution in [-0.2, 0) is 0 Å². The molecule has 0 spiro atoms. The molecule has 3 nitrogen and oxygen atoms in total. The van der Waals surface area contributed by atoms with Gasteiger partial charge in [0.1, 0.15) is 11.6 Å². The van der Waals surface area contributed by atoms with Gasteiger partial charge in [-0.3, -0.25) is 0 Å². The van der Waals surface area contributed by atoms with Gasteiger partial charge in [0, 0.05) is 12.7 Å². The van der Waals surface area contributed by atoms with Crippen molar-refractivity contribution in [3.8, 4) is 0 Å². The van der Waals surface area contributed by atoms with E-state index in [1.54, 1.807) is 0 Å². The van der Waals surface area contributed by atoms with Crippen molar-refractivity contribution >= 4 is 0 Å². The van der Waals surface area contributed by atoms with Crippen molar-refractivity contribution in [3.63, 3.8) is 0 Å². The molecule has 0 aliphatic carbocycles. The topological polar surface area (TPSA) is 55.3 Å². The first-order chi connectivity index (χ1) is 7.72. The van der Waals surface area contributed by atoms with Crippen molar-refractivity contribution in [1.82, 2.24) is 4.90 Å². The van der Waals surface area contributed by atoms with Crippen LogP contribution in [0.2, 0.25) is 0 Å². The van der Waals surface area contributed by atoms with Gasteiger partial charge in [-0.1, -0.05) is 12.1 Å². The summed E-state index contributed by atoms with van der Waals surface area (Å²) in [5, 5.41) is 0. The number of halogens is 1. The number of nitrogens with two attached hydrogens (primary N) is 2. The Kier molecular flexibility index (Phi) is 2.99. The average Bonchev–Trinajstić information content (AvgIpc) is 2.78. The van der Waals surface area contributed by atoms with Gasteiger partial charge in [0.2, 0.25) is 0 Å². The van der Waals surface area contributed by atoms with E-state index in [-0.39, 0.29) is 11.9 Å². The zero-order valence-corrected chi connectivity index (χ0v) is 9.07. The molecule has 1 saturated heterocycles. The van der Waals surface area contributed by atoms with Crippen molar-refractivity contribution in [1.29, 1.82) is 0 Å². The van der Waals surface area contributed by atoms with Crippen molar-refractivity contribution in [2.75, 3.05) is 6.54 Å². The van der Waals surface area contributed by atoms with Crippen molar-refractivity contribution in [2.24, 2.45) is 11.5 Å². The molecule has 4 heteroatoms. The lowest BCUT2D eigenvalue weighted by atomic mass is 10.0. The highest BCUT2D eigenvalue weighted by Gasteiger charge is 2.26. The minimum atomic E-state index is -0.212. The Bertz CT molecular complexity index is 386. The Labute approximate surface area is 94.5 Å². The van der Waals surface area contributed by atoms with Crippen molar-refractivity contribution in [2.45, 2.75) is 18.9 Å². The molecule has 0 radical (unpaired) electrons. The normalized spacial score (nSPS) is 21.4. The molecule has 1 heterocycles. The zero-order chi connectivity index (χ0) is 11.5. The molecule has 0 bridgehead atoms. The summed E-state index contributed by atoms with van der Waals surface area (Å²) in [6.07, 6.45) is 3.53. The number of hydrogen-bond acceptors (Lipinski definition) is 3. The molecule has 1 unspecified atom stereocenters. The maximum absolute atomic E-state index is 12.8. The Morgan fingerprint density at radius 1 is 1.38 bits per heavy atom. The summed E-state index contributed by atoms with van der Waals surface area (Å²) in [7, 11) is 0. The van der Waals surface area contributed by atoms with E-state index in [0.29, 0.717) is 5.82 Å². The fourth-order valence-corrected chi connectivity index (χ4v) is 2.20. The van der Waals surface area contributed by atoms with E-state index in [0.717, 1.165) is 24.9 Å². The predicted octanol–water partition coefficient (Wildman–Crippen LogP) is 1.68. The zero-order valence-electron chi connectivity index (χ0n) is 9.07.